The number of hydrogen-bond acceptors (Lipinski definition) is 3. The number of amides is 1. The molecule has 0 spiro atoms. The monoisotopic (exact) mass is 267 g/mol. The van der Waals surface area contributed by atoms with Crippen LogP contribution in [0, 0.1) is 6.92 Å². The number of carbonyl (C=O) groups is 1. The summed E-state index contributed by atoms with van der Waals surface area (Å²) in [6.45, 7) is 4.58. The molecule has 0 aliphatic rings. The Hall–Kier alpha value is -1.00. The van der Waals surface area contributed by atoms with Gasteiger partial charge in [-0.25, -0.2) is 0 Å². The maximum absolute atomic E-state index is 11.6. The smallest absolute Gasteiger partial charge is 0.230 e. The Labute approximate surface area is 113 Å². The third-order valence-corrected chi connectivity index (χ3v) is 3.56. The number of aryl methyl sites for hydroxylation is 1. The van der Waals surface area contributed by atoms with E-state index < -0.39 is 0 Å². The summed E-state index contributed by atoms with van der Waals surface area (Å²) in [5.41, 5.74) is 2.57. The van der Waals surface area contributed by atoms with E-state index in [0.29, 0.717) is 12.4 Å². The van der Waals surface area contributed by atoms with E-state index in [1.54, 1.807) is 18.9 Å². The fourth-order valence-corrected chi connectivity index (χ4v) is 2.55. The molecule has 0 bridgehead atoms. The highest BCUT2D eigenvalue weighted by Gasteiger charge is 2.07. The largest absolute Gasteiger partial charge is 0.383 e. The first-order valence-corrected chi connectivity index (χ1v) is 7.19. The average molecular weight is 267 g/mol. The van der Waals surface area contributed by atoms with Crippen LogP contribution in [0.1, 0.15) is 18.1 Å². The molecule has 4 heteroatoms. The molecule has 1 rings (SSSR count). The van der Waals surface area contributed by atoms with Gasteiger partial charge in [-0.05, 0) is 25.0 Å². The van der Waals surface area contributed by atoms with Crippen molar-refractivity contribution in [1.82, 2.24) is 5.32 Å². The molecule has 1 N–H and O–H groups in total. The Kier molecular flexibility index (Phi) is 6.83. The predicted octanol–water partition coefficient (Wildman–Crippen LogP) is 2.38. The van der Waals surface area contributed by atoms with Crippen LogP contribution in [0.5, 0.6) is 0 Å². The van der Waals surface area contributed by atoms with E-state index >= 15 is 0 Å². The normalized spacial score (nSPS) is 12.2. The molecular formula is C14H21NO2S. The molecule has 0 radical (unpaired) electrons. The maximum atomic E-state index is 11.6. The van der Waals surface area contributed by atoms with Crippen LogP contribution in [0.3, 0.4) is 0 Å². The van der Waals surface area contributed by atoms with Crippen LogP contribution in [0.15, 0.2) is 24.3 Å². The molecule has 1 atom stereocenters. The molecule has 0 saturated carbocycles. The second kappa shape index (κ2) is 8.16. The number of thioether (sulfide) groups is 1. The van der Waals surface area contributed by atoms with E-state index in [1.165, 1.54) is 11.1 Å². The maximum Gasteiger partial charge on any atom is 0.230 e. The van der Waals surface area contributed by atoms with Crippen molar-refractivity contribution in [3.63, 3.8) is 0 Å². The van der Waals surface area contributed by atoms with E-state index in [2.05, 4.69) is 24.4 Å². The van der Waals surface area contributed by atoms with Gasteiger partial charge in [-0.15, -0.1) is 11.8 Å². The molecule has 1 unspecified atom stereocenters. The zero-order chi connectivity index (χ0) is 13.4. The molecule has 0 aliphatic heterocycles. The second-order valence-corrected chi connectivity index (χ2v) is 5.33. The highest BCUT2D eigenvalue weighted by molar-refractivity contribution is 7.99. The van der Waals surface area contributed by atoms with Gasteiger partial charge in [-0.2, -0.15) is 0 Å². The lowest BCUT2D eigenvalue weighted by atomic mass is 10.1. The number of carbonyl (C=O) groups excluding carboxylic acids is 1. The van der Waals surface area contributed by atoms with Crippen molar-refractivity contribution < 1.29 is 9.53 Å². The van der Waals surface area contributed by atoms with Gasteiger partial charge in [-0.3, -0.25) is 4.79 Å². The van der Waals surface area contributed by atoms with Crippen LogP contribution in [-0.2, 0) is 15.3 Å². The quantitative estimate of drug-likeness (QED) is 0.824. The zero-order valence-corrected chi connectivity index (χ0v) is 12.0. The molecule has 0 saturated heterocycles. The van der Waals surface area contributed by atoms with Crippen molar-refractivity contribution in [2.45, 2.75) is 25.6 Å². The minimum atomic E-state index is 0.0677. The predicted molar refractivity (Wildman–Crippen MR) is 76.8 cm³/mol. The molecule has 1 aromatic carbocycles. The van der Waals surface area contributed by atoms with E-state index in [9.17, 15) is 4.79 Å². The Morgan fingerprint density at radius 3 is 2.83 bits per heavy atom. The average Bonchev–Trinajstić information content (AvgIpc) is 2.31. The van der Waals surface area contributed by atoms with Crippen molar-refractivity contribution in [2.24, 2.45) is 0 Å². The summed E-state index contributed by atoms with van der Waals surface area (Å²) in [6, 6.07) is 8.33. The van der Waals surface area contributed by atoms with Crippen molar-refractivity contribution in [1.29, 1.82) is 0 Å². The van der Waals surface area contributed by atoms with Crippen molar-refractivity contribution in [3.8, 4) is 0 Å². The van der Waals surface area contributed by atoms with E-state index in [1.807, 2.05) is 19.1 Å². The van der Waals surface area contributed by atoms with Gasteiger partial charge >= 0.3 is 0 Å². The zero-order valence-electron chi connectivity index (χ0n) is 11.2. The lowest BCUT2D eigenvalue weighted by Crippen LogP contribution is -2.36. The summed E-state index contributed by atoms with van der Waals surface area (Å²) in [7, 11) is 1.63. The fourth-order valence-electron chi connectivity index (χ4n) is 1.63. The summed E-state index contributed by atoms with van der Waals surface area (Å²) >= 11 is 1.64. The number of rotatable bonds is 7. The first-order valence-electron chi connectivity index (χ1n) is 6.04. The summed E-state index contributed by atoms with van der Waals surface area (Å²) in [6.07, 6.45) is 0. The molecule has 0 fully saturated rings. The fraction of sp³-hybridized carbons (Fsp3) is 0.500. The van der Waals surface area contributed by atoms with E-state index in [0.717, 1.165) is 5.75 Å². The van der Waals surface area contributed by atoms with Crippen molar-refractivity contribution in [2.75, 3.05) is 19.5 Å². The number of hydrogen-bond donors (Lipinski definition) is 1. The van der Waals surface area contributed by atoms with E-state index in [4.69, 9.17) is 4.74 Å². The highest BCUT2D eigenvalue weighted by Crippen LogP contribution is 2.15. The molecule has 1 amide bonds. The van der Waals surface area contributed by atoms with Crippen LogP contribution < -0.4 is 5.32 Å². The van der Waals surface area contributed by atoms with Gasteiger partial charge in [0.15, 0.2) is 0 Å². The number of ether oxygens (including phenoxy) is 1. The first-order chi connectivity index (χ1) is 8.63. The van der Waals surface area contributed by atoms with Crippen LogP contribution >= 0.6 is 11.8 Å². The van der Waals surface area contributed by atoms with Crippen molar-refractivity contribution in [3.05, 3.63) is 35.4 Å². The summed E-state index contributed by atoms with van der Waals surface area (Å²) < 4.78 is 4.97. The lowest BCUT2D eigenvalue weighted by Gasteiger charge is -2.12. The van der Waals surface area contributed by atoms with E-state index in [-0.39, 0.29) is 11.9 Å². The van der Waals surface area contributed by atoms with Crippen LogP contribution in [0.25, 0.3) is 0 Å². The molecule has 0 aliphatic carbocycles. The minimum absolute atomic E-state index is 0.0677. The lowest BCUT2D eigenvalue weighted by molar-refractivity contribution is -0.119. The van der Waals surface area contributed by atoms with Gasteiger partial charge < -0.3 is 10.1 Å². The molecule has 0 heterocycles. The molecular weight excluding hydrogens is 246 g/mol. The Balaban J connectivity index is 2.25. The molecule has 100 valence electrons. The first kappa shape index (κ1) is 15.1. The van der Waals surface area contributed by atoms with Gasteiger partial charge in [0, 0.05) is 18.9 Å². The van der Waals surface area contributed by atoms with Crippen LogP contribution in [0.4, 0.5) is 0 Å². The van der Waals surface area contributed by atoms with Gasteiger partial charge in [-0.1, -0.05) is 24.3 Å². The summed E-state index contributed by atoms with van der Waals surface area (Å²) in [4.78, 5) is 11.6. The highest BCUT2D eigenvalue weighted by atomic mass is 32.2. The van der Waals surface area contributed by atoms with Crippen LogP contribution in [-0.4, -0.2) is 31.4 Å². The topological polar surface area (TPSA) is 38.3 Å². The molecule has 1 aromatic rings. The number of methoxy groups -OCH3 is 1. The Morgan fingerprint density at radius 2 is 2.17 bits per heavy atom. The molecule has 18 heavy (non-hydrogen) atoms. The standard InChI is InChI=1S/C14H21NO2S/c1-11-6-4-5-7-13(11)9-18-10-14(16)15-12(2)8-17-3/h4-7,12H,8-10H2,1-3H3,(H,15,16). The van der Waals surface area contributed by atoms with Crippen molar-refractivity contribution >= 4 is 17.7 Å². The van der Waals surface area contributed by atoms with Gasteiger partial charge in [0.05, 0.1) is 12.4 Å². The SMILES string of the molecule is COCC(C)NC(=O)CSCc1ccccc1C. The summed E-state index contributed by atoms with van der Waals surface area (Å²) in [5.74, 6) is 1.43. The molecule has 3 nitrogen and oxygen atoms in total. The summed E-state index contributed by atoms with van der Waals surface area (Å²) in [5, 5.41) is 2.90. The number of nitrogens with one attached hydrogen (secondary N) is 1. The third-order valence-electron chi connectivity index (χ3n) is 2.58. The third kappa shape index (κ3) is 5.56. The van der Waals surface area contributed by atoms with Crippen LogP contribution in [0.2, 0.25) is 0 Å². The van der Waals surface area contributed by atoms with Gasteiger partial charge in [0.1, 0.15) is 0 Å². The Bertz CT molecular complexity index is 382. The molecule has 0 aromatic heterocycles. The minimum Gasteiger partial charge on any atom is -0.383 e. The second-order valence-electron chi connectivity index (χ2n) is 4.34. The number of benzene rings is 1. The Morgan fingerprint density at radius 1 is 1.44 bits per heavy atom. The van der Waals surface area contributed by atoms with Gasteiger partial charge in [0.25, 0.3) is 0 Å². The van der Waals surface area contributed by atoms with Gasteiger partial charge in [0.2, 0.25) is 5.91 Å².